The van der Waals surface area contributed by atoms with E-state index in [1.807, 2.05) is 42.6 Å². The van der Waals surface area contributed by atoms with Crippen LogP contribution in [-0.2, 0) is 17.8 Å². The summed E-state index contributed by atoms with van der Waals surface area (Å²) in [5.41, 5.74) is 1.86. The number of aromatic nitrogens is 2. The number of benzene rings is 2. The molecule has 1 amide bonds. The van der Waals surface area contributed by atoms with E-state index in [4.69, 9.17) is 0 Å². The second-order valence-corrected chi connectivity index (χ2v) is 6.35. The summed E-state index contributed by atoms with van der Waals surface area (Å²) in [6, 6.07) is 19.2. The molecule has 0 aliphatic carbocycles. The summed E-state index contributed by atoms with van der Waals surface area (Å²) in [7, 11) is 0. The molecule has 0 saturated heterocycles. The van der Waals surface area contributed by atoms with Crippen LogP contribution in [0.15, 0.2) is 73.1 Å². The van der Waals surface area contributed by atoms with Crippen LogP contribution >= 0.6 is 0 Å². The molecule has 138 valence electrons. The molecule has 0 aliphatic rings. The number of hydrogen-bond donors (Lipinski definition) is 1. The van der Waals surface area contributed by atoms with Crippen molar-refractivity contribution >= 4 is 11.7 Å². The van der Waals surface area contributed by atoms with E-state index in [1.165, 1.54) is 5.56 Å². The van der Waals surface area contributed by atoms with Gasteiger partial charge in [0.1, 0.15) is 5.82 Å². The van der Waals surface area contributed by atoms with E-state index in [2.05, 4.69) is 27.0 Å². The Bertz CT molecular complexity index is 873. The van der Waals surface area contributed by atoms with Gasteiger partial charge in [-0.1, -0.05) is 60.7 Å². The third-order valence-corrected chi connectivity index (χ3v) is 4.34. The molecule has 5 heteroatoms. The van der Waals surface area contributed by atoms with Gasteiger partial charge in [-0.05, 0) is 5.56 Å². The van der Waals surface area contributed by atoms with Crippen LogP contribution in [0.2, 0.25) is 0 Å². The number of carbonyl (C=O) groups is 2. The second kappa shape index (κ2) is 9.48. The highest BCUT2D eigenvalue weighted by Gasteiger charge is 2.09. The highest BCUT2D eigenvalue weighted by molar-refractivity contribution is 5.97. The van der Waals surface area contributed by atoms with Gasteiger partial charge in [0.25, 0.3) is 0 Å². The number of Topliss-reactive ketones (excluding diaryl/α,β-unsaturated/α-hetero) is 1. The van der Waals surface area contributed by atoms with E-state index >= 15 is 0 Å². The van der Waals surface area contributed by atoms with Gasteiger partial charge in [0, 0.05) is 50.3 Å². The molecule has 0 radical (unpaired) electrons. The molecule has 0 bridgehead atoms. The fourth-order valence-electron chi connectivity index (χ4n) is 2.89. The minimum Gasteiger partial charge on any atom is -0.356 e. The molecule has 5 nitrogen and oxygen atoms in total. The summed E-state index contributed by atoms with van der Waals surface area (Å²) >= 11 is 0. The number of carbonyl (C=O) groups excluding carboxylic acids is 2. The monoisotopic (exact) mass is 361 g/mol. The average Bonchev–Trinajstić information content (AvgIpc) is 3.14. The van der Waals surface area contributed by atoms with Crippen LogP contribution in [-0.4, -0.2) is 27.8 Å². The largest absolute Gasteiger partial charge is 0.356 e. The van der Waals surface area contributed by atoms with Crippen LogP contribution in [0.5, 0.6) is 0 Å². The molecule has 0 unspecified atom stereocenters. The predicted octanol–water partition coefficient (Wildman–Crippen LogP) is 3.25. The first-order valence-electron chi connectivity index (χ1n) is 9.11. The summed E-state index contributed by atoms with van der Waals surface area (Å²) in [5.74, 6) is 0.809. The molecule has 1 N–H and O–H groups in total. The highest BCUT2D eigenvalue weighted by Crippen LogP contribution is 2.07. The zero-order valence-corrected chi connectivity index (χ0v) is 15.2. The molecule has 27 heavy (non-hydrogen) atoms. The Morgan fingerprint density at radius 2 is 1.63 bits per heavy atom. The van der Waals surface area contributed by atoms with E-state index in [9.17, 15) is 9.59 Å². The van der Waals surface area contributed by atoms with Crippen LogP contribution in [0.25, 0.3) is 0 Å². The maximum absolute atomic E-state index is 12.0. The van der Waals surface area contributed by atoms with Crippen molar-refractivity contribution in [2.75, 3.05) is 6.54 Å². The van der Waals surface area contributed by atoms with Crippen LogP contribution in [0.4, 0.5) is 0 Å². The smallest absolute Gasteiger partial charge is 0.220 e. The first kappa shape index (κ1) is 18.6. The molecule has 0 fully saturated rings. The Balaban J connectivity index is 1.42. The van der Waals surface area contributed by atoms with Gasteiger partial charge in [0.05, 0.1) is 0 Å². The Labute approximate surface area is 159 Å². The topological polar surface area (TPSA) is 64.0 Å². The van der Waals surface area contributed by atoms with Crippen molar-refractivity contribution < 1.29 is 9.59 Å². The van der Waals surface area contributed by atoms with E-state index in [0.717, 1.165) is 12.4 Å². The summed E-state index contributed by atoms with van der Waals surface area (Å²) in [4.78, 5) is 28.4. The van der Waals surface area contributed by atoms with Crippen molar-refractivity contribution in [1.82, 2.24) is 14.9 Å². The quantitative estimate of drug-likeness (QED) is 0.595. The number of nitrogens with zero attached hydrogens (tertiary/aromatic N) is 2. The van der Waals surface area contributed by atoms with E-state index < -0.39 is 0 Å². The molecule has 0 aliphatic heterocycles. The van der Waals surface area contributed by atoms with Crippen molar-refractivity contribution in [1.29, 1.82) is 0 Å². The van der Waals surface area contributed by atoms with Crippen molar-refractivity contribution in [2.24, 2.45) is 0 Å². The Morgan fingerprint density at radius 3 is 2.37 bits per heavy atom. The Morgan fingerprint density at radius 1 is 0.926 bits per heavy atom. The molecule has 2 aromatic carbocycles. The predicted molar refractivity (Wildman–Crippen MR) is 104 cm³/mol. The number of rotatable bonds is 9. The minimum atomic E-state index is -0.111. The van der Waals surface area contributed by atoms with Crippen LogP contribution in [0.1, 0.15) is 34.6 Å². The lowest BCUT2D eigenvalue weighted by molar-refractivity contribution is -0.121. The third-order valence-electron chi connectivity index (χ3n) is 4.34. The summed E-state index contributed by atoms with van der Waals surface area (Å²) in [6.07, 6.45) is 4.80. The maximum Gasteiger partial charge on any atom is 0.220 e. The number of imidazole rings is 1. The van der Waals surface area contributed by atoms with Gasteiger partial charge >= 0.3 is 0 Å². The fourth-order valence-corrected chi connectivity index (χ4v) is 2.89. The Hall–Kier alpha value is -3.21. The van der Waals surface area contributed by atoms with Crippen LogP contribution in [0.3, 0.4) is 0 Å². The van der Waals surface area contributed by atoms with Gasteiger partial charge in [-0.25, -0.2) is 4.98 Å². The summed E-state index contributed by atoms with van der Waals surface area (Å²) in [6.45, 7) is 1.26. The number of ketones is 1. The van der Waals surface area contributed by atoms with Crippen molar-refractivity contribution in [3.63, 3.8) is 0 Å². The zero-order valence-electron chi connectivity index (χ0n) is 15.2. The molecule has 0 saturated carbocycles. The maximum atomic E-state index is 12.0. The fraction of sp³-hybridized carbons (Fsp3) is 0.227. The molecule has 3 rings (SSSR count). The molecule has 0 atom stereocenters. The normalized spacial score (nSPS) is 10.5. The van der Waals surface area contributed by atoms with Crippen LogP contribution < -0.4 is 5.32 Å². The van der Waals surface area contributed by atoms with E-state index in [0.29, 0.717) is 18.5 Å². The second-order valence-electron chi connectivity index (χ2n) is 6.35. The van der Waals surface area contributed by atoms with E-state index in [-0.39, 0.29) is 24.5 Å². The van der Waals surface area contributed by atoms with Gasteiger partial charge < -0.3 is 9.88 Å². The van der Waals surface area contributed by atoms with Gasteiger partial charge in [0.2, 0.25) is 5.91 Å². The molecule has 1 aromatic heterocycles. The lowest BCUT2D eigenvalue weighted by atomic mass is 10.1. The number of amides is 1. The number of hydrogen-bond acceptors (Lipinski definition) is 3. The lowest BCUT2D eigenvalue weighted by Gasteiger charge is -2.09. The Kier molecular flexibility index (Phi) is 6.52. The standard InChI is InChI=1S/C22H23N3O2/c26-20(19-9-5-2-6-10-19)11-12-22(27)24-14-13-21-23-15-16-25(21)17-18-7-3-1-4-8-18/h1-10,15-16H,11-14,17H2,(H,24,27). The van der Waals surface area contributed by atoms with Gasteiger partial charge in [-0.2, -0.15) is 0 Å². The first-order chi connectivity index (χ1) is 13.2. The number of nitrogens with one attached hydrogen (secondary N) is 1. The summed E-state index contributed by atoms with van der Waals surface area (Å²) in [5, 5.41) is 2.87. The SMILES string of the molecule is O=C(CCC(=O)c1ccccc1)NCCc1nccn1Cc1ccccc1. The van der Waals surface area contributed by atoms with E-state index in [1.54, 1.807) is 18.3 Å². The lowest BCUT2D eigenvalue weighted by Crippen LogP contribution is -2.26. The van der Waals surface area contributed by atoms with Gasteiger partial charge in [0.15, 0.2) is 5.78 Å². The minimum absolute atomic E-state index is 0.0100. The van der Waals surface area contributed by atoms with Gasteiger partial charge in [-0.15, -0.1) is 0 Å². The molecule has 0 spiro atoms. The molecular weight excluding hydrogens is 338 g/mol. The molecule has 1 heterocycles. The third kappa shape index (κ3) is 5.64. The van der Waals surface area contributed by atoms with Crippen LogP contribution in [0, 0.1) is 0 Å². The van der Waals surface area contributed by atoms with Gasteiger partial charge in [-0.3, -0.25) is 9.59 Å². The highest BCUT2D eigenvalue weighted by atomic mass is 16.2. The zero-order chi connectivity index (χ0) is 18.9. The first-order valence-corrected chi connectivity index (χ1v) is 9.11. The van der Waals surface area contributed by atoms with Crippen molar-refractivity contribution in [3.05, 3.63) is 90.0 Å². The van der Waals surface area contributed by atoms with Crippen molar-refractivity contribution in [3.8, 4) is 0 Å². The summed E-state index contributed by atoms with van der Waals surface area (Å²) < 4.78 is 2.08. The molecule has 3 aromatic rings. The van der Waals surface area contributed by atoms with Crippen molar-refractivity contribution in [2.45, 2.75) is 25.8 Å². The average molecular weight is 361 g/mol. The molecular formula is C22H23N3O2.